The van der Waals surface area contributed by atoms with Gasteiger partial charge in [-0.25, -0.2) is 15.0 Å². The number of pyridine rings is 1. The Kier molecular flexibility index (Phi) is 6.74. The largest absolute Gasteiger partial charge is 0.456 e. The summed E-state index contributed by atoms with van der Waals surface area (Å²) in [5.74, 6) is 2.66. The van der Waals surface area contributed by atoms with Gasteiger partial charge in [-0.3, -0.25) is 4.98 Å². The van der Waals surface area contributed by atoms with E-state index in [1.54, 1.807) is 6.20 Å². The van der Waals surface area contributed by atoms with Crippen molar-refractivity contribution in [2.45, 2.75) is 0 Å². The molecule has 212 valence electrons. The molecule has 8 aromatic rings. The Morgan fingerprint density at radius 3 is 1.62 bits per heavy atom. The molecule has 0 unspecified atom stereocenters. The van der Waals surface area contributed by atoms with Gasteiger partial charge in [0.1, 0.15) is 11.3 Å². The van der Waals surface area contributed by atoms with Gasteiger partial charge in [0.05, 0.1) is 0 Å². The summed E-state index contributed by atoms with van der Waals surface area (Å²) in [6.07, 6.45) is 3.64. The summed E-state index contributed by atoms with van der Waals surface area (Å²) >= 11 is 0. The van der Waals surface area contributed by atoms with Crippen LogP contribution in [-0.4, -0.2) is 19.9 Å². The topological polar surface area (TPSA) is 64.7 Å². The lowest BCUT2D eigenvalue weighted by Gasteiger charge is -2.10. The van der Waals surface area contributed by atoms with E-state index >= 15 is 0 Å². The first-order valence-electron chi connectivity index (χ1n) is 14.8. The molecule has 0 radical (unpaired) electrons. The Hall–Kier alpha value is -6.20. The Morgan fingerprint density at radius 1 is 0.378 bits per heavy atom. The molecule has 8 rings (SSSR count). The van der Waals surface area contributed by atoms with Crippen molar-refractivity contribution in [1.82, 2.24) is 19.9 Å². The summed E-state index contributed by atoms with van der Waals surface area (Å²) in [5.41, 5.74) is 8.97. The van der Waals surface area contributed by atoms with Gasteiger partial charge in [-0.05, 0) is 46.5 Å². The van der Waals surface area contributed by atoms with Gasteiger partial charge in [0.25, 0.3) is 0 Å². The number of hydrogen-bond acceptors (Lipinski definition) is 5. The summed E-state index contributed by atoms with van der Waals surface area (Å²) in [6.45, 7) is 0. The van der Waals surface area contributed by atoms with E-state index in [4.69, 9.17) is 19.4 Å². The molecule has 0 aliphatic heterocycles. The van der Waals surface area contributed by atoms with Gasteiger partial charge in [0.15, 0.2) is 17.5 Å². The molecule has 3 aromatic heterocycles. The fraction of sp³-hybridized carbons (Fsp3) is 0. The fourth-order valence-electron chi connectivity index (χ4n) is 5.48. The zero-order valence-corrected chi connectivity index (χ0v) is 24.2. The molecular weight excluding hydrogens is 552 g/mol. The summed E-state index contributed by atoms with van der Waals surface area (Å²) < 4.78 is 6.10. The number of para-hydroxylation sites is 1. The molecule has 0 saturated carbocycles. The molecule has 0 spiro atoms. The maximum absolute atomic E-state index is 6.10. The van der Waals surface area contributed by atoms with Crippen molar-refractivity contribution >= 4 is 11.0 Å². The van der Waals surface area contributed by atoms with Crippen LogP contribution < -0.4 is 0 Å². The van der Waals surface area contributed by atoms with Gasteiger partial charge in [-0.2, -0.15) is 0 Å². The highest BCUT2D eigenvalue weighted by Gasteiger charge is 2.14. The molecule has 3 heterocycles. The van der Waals surface area contributed by atoms with Crippen LogP contribution in [0.3, 0.4) is 0 Å². The predicted octanol–water partition coefficient (Wildman–Crippen LogP) is 10.0. The van der Waals surface area contributed by atoms with Crippen LogP contribution in [0.5, 0.6) is 0 Å². The van der Waals surface area contributed by atoms with Gasteiger partial charge in [0.2, 0.25) is 0 Å². The Labute approximate surface area is 260 Å². The van der Waals surface area contributed by atoms with Crippen LogP contribution in [0.25, 0.3) is 78.7 Å². The minimum atomic E-state index is 0.604. The van der Waals surface area contributed by atoms with Crippen molar-refractivity contribution in [3.05, 3.63) is 158 Å². The Balaban J connectivity index is 1.21. The molecule has 45 heavy (non-hydrogen) atoms. The molecule has 5 aromatic carbocycles. The zero-order valence-electron chi connectivity index (χ0n) is 24.2. The average Bonchev–Trinajstić information content (AvgIpc) is 3.57. The van der Waals surface area contributed by atoms with E-state index in [0.717, 1.165) is 61.2 Å². The third-order valence-electron chi connectivity index (χ3n) is 7.85. The van der Waals surface area contributed by atoms with Crippen molar-refractivity contribution in [1.29, 1.82) is 0 Å². The van der Waals surface area contributed by atoms with Crippen LogP contribution in [0.15, 0.2) is 162 Å². The van der Waals surface area contributed by atoms with E-state index in [-0.39, 0.29) is 0 Å². The second kappa shape index (κ2) is 11.5. The first kappa shape index (κ1) is 26.4. The van der Waals surface area contributed by atoms with Crippen LogP contribution in [0.2, 0.25) is 0 Å². The van der Waals surface area contributed by atoms with E-state index in [9.17, 15) is 0 Å². The van der Waals surface area contributed by atoms with Gasteiger partial charge in [-0.1, -0.05) is 121 Å². The highest BCUT2D eigenvalue weighted by atomic mass is 16.3. The lowest BCUT2D eigenvalue weighted by atomic mass is 10.0. The summed E-state index contributed by atoms with van der Waals surface area (Å²) in [7, 11) is 0. The first-order valence-corrected chi connectivity index (χ1v) is 14.8. The van der Waals surface area contributed by atoms with Gasteiger partial charge >= 0.3 is 0 Å². The third kappa shape index (κ3) is 5.39. The third-order valence-corrected chi connectivity index (χ3v) is 7.85. The van der Waals surface area contributed by atoms with Crippen LogP contribution >= 0.6 is 0 Å². The minimum Gasteiger partial charge on any atom is -0.456 e. The van der Waals surface area contributed by atoms with E-state index in [1.165, 1.54) is 0 Å². The van der Waals surface area contributed by atoms with Crippen molar-refractivity contribution in [2.75, 3.05) is 0 Å². The molecule has 0 fully saturated rings. The number of fused-ring (bicyclic) bond motifs is 1. The smallest absolute Gasteiger partial charge is 0.164 e. The Bertz CT molecular complexity index is 2210. The molecule has 5 nitrogen and oxygen atoms in total. The van der Waals surface area contributed by atoms with Crippen LogP contribution in [0, 0.1) is 0 Å². The number of furan rings is 1. The van der Waals surface area contributed by atoms with Gasteiger partial charge < -0.3 is 4.42 Å². The summed E-state index contributed by atoms with van der Waals surface area (Å²) in [6, 6.07) is 49.2. The molecule has 0 aliphatic rings. The van der Waals surface area contributed by atoms with E-state index in [1.807, 2.05) is 72.9 Å². The first-order chi connectivity index (χ1) is 22.3. The highest BCUT2D eigenvalue weighted by molar-refractivity contribution is 5.83. The lowest BCUT2D eigenvalue weighted by molar-refractivity contribution is 0.631. The maximum Gasteiger partial charge on any atom is 0.164 e. The molecule has 0 N–H and O–H groups in total. The quantitative estimate of drug-likeness (QED) is 0.196. The summed E-state index contributed by atoms with van der Waals surface area (Å²) in [4.78, 5) is 19.2. The van der Waals surface area contributed by atoms with Crippen LogP contribution in [-0.2, 0) is 0 Å². The molecule has 0 aliphatic carbocycles. The van der Waals surface area contributed by atoms with Gasteiger partial charge in [-0.15, -0.1) is 0 Å². The average molecular weight is 579 g/mol. The van der Waals surface area contributed by atoms with Crippen LogP contribution in [0.4, 0.5) is 0 Å². The number of benzene rings is 5. The predicted molar refractivity (Wildman–Crippen MR) is 180 cm³/mol. The molecular formula is C40H26N4O. The minimum absolute atomic E-state index is 0.604. The molecule has 0 bridgehead atoms. The molecule has 0 atom stereocenters. The summed E-state index contributed by atoms with van der Waals surface area (Å²) in [5, 5.41) is 1.08. The molecule has 0 amide bonds. The van der Waals surface area contributed by atoms with E-state index in [0.29, 0.717) is 17.5 Å². The number of rotatable bonds is 6. The lowest BCUT2D eigenvalue weighted by Crippen LogP contribution is -2.00. The molecule has 0 saturated heterocycles. The SMILES string of the molecule is c1ccc(-c2cccc(-c3nc(-c4ccc(-c5cccnc5)cc4)nc(-c4ccc(-c5cc6ccccc6o5)cc4)n3)c2)cc1. The second-order valence-corrected chi connectivity index (χ2v) is 10.8. The number of nitrogens with zero attached hydrogens (tertiary/aromatic N) is 4. The van der Waals surface area contributed by atoms with Gasteiger partial charge in [0, 0.05) is 40.0 Å². The number of hydrogen-bond donors (Lipinski definition) is 0. The van der Waals surface area contributed by atoms with Crippen molar-refractivity contribution < 1.29 is 4.42 Å². The van der Waals surface area contributed by atoms with Crippen molar-refractivity contribution in [2.24, 2.45) is 0 Å². The maximum atomic E-state index is 6.10. The standard InChI is InChI=1S/C40H26N4O/c1-2-8-27(9-3-1)32-11-6-12-34(24-32)40-43-38(30-19-15-28(16-20-30)35-13-7-23-41-26-35)42-39(44-40)31-21-17-29(18-22-31)37-25-33-10-4-5-14-36(33)45-37/h1-26H. The zero-order chi connectivity index (χ0) is 30.0. The molecule has 5 heteroatoms. The Morgan fingerprint density at radius 2 is 0.933 bits per heavy atom. The normalized spacial score (nSPS) is 11.1. The fourth-order valence-corrected chi connectivity index (χ4v) is 5.48. The van der Waals surface area contributed by atoms with Crippen molar-refractivity contribution in [3.63, 3.8) is 0 Å². The second-order valence-electron chi connectivity index (χ2n) is 10.8. The monoisotopic (exact) mass is 578 g/mol. The van der Waals surface area contributed by atoms with E-state index < -0.39 is 0 Å². The number of aromatic nitrogens is 4. The van der Waals surface area contributed by atoms with Crippen LogP contribution in [0.1, 0.15) is 0 Å². The van der Waals surface area contributed by atoms with E-state index in [2.05, 4.69) is 83.8 Å². The highest BCUT2D eigenvalue weighted by Crippen LogP contribution is 2.32. The van der Waals surface area contributed by atoms with Crippen molar-refractivity contribution in [3.8, 4) is 67.7 Å².